The zero-order valence-corrected chi connectivity index (χ0v) is 11.2. The molecule has 0 saturated heterocycles. The normalized spacial score (nSPS) is 9.57. The van der Waals surface area contributed by atoms with Crippen molar-refractivity contribution >= 4 is 44.3 Å². The molecule has 1 rings (SSSR count). The Bertz CT molecular complexity index is 423. The van der Waals surface area contributed by atoms with Crippen LogP contribution >= 0.6 is 38.5 Å². The molecule has 0 aliphatic rings. The third kappa shape index (κ3) is 2.15. The number of benzene rings is 1. The van der Waals surface area contributed by atoms with Gasteiger partial charge in [-0.3, -0.25) is 4.79 Å². The van der Waals surface area contributed by atoms with Crippen LogP contribution in [0.25, 0.3) is 0 Å². The number of Topliss-reactive ketones (excluding diaryl/α,β-unsaturated/α-hetero) is 1. The second kappa shape index (κ2) is 4.89. The molecule has 14 heavy (non-hydrogen) atoms. The molecule has 0 N–H and O–H groups in total. The van der Waals surface area contributed by atoms with Gasteiger partial charge in [0.25, 0.3) is 0 Å². The topological polar surface area (TPSA) is 40.9 Å². The number of alkyl halides is 1. The molecule has 1 aromatic rings. The molecule has 0 atom stereocenters. The molecule has 4 heteroatoms. The molecule has 0 aliphatic heterocycles. The Morgan fingerprint density at radius 3 is 2.79 bits per heavy atom. The lowest BCUT2D eigenvalue weighted by Crippen LogP contribution is -2.04. The maximum absolute atomic E-state index is 11.5. The maximum atomic E-state index is 11.5. The minimum absolute atomic E-state index is 0.0435. The van der Waals surface area contributed by atoms with Crippen LogP contribution < -0.4 is 0 Å². The first-order chi connectivity index (χ1) is 6.61. The van der Waals surface area contributed by atoms with Crippen molar-refractivity contribution in [1.29, 1.82) is 5.26 Å². The lowest BCUT2D eigenvalue weighted by molar-refractivity contribution is 0.102. The average molecular weight is 364 g/mol. The predicted molar refractivity (Wildman–Crippen MR) is 66.7 cm³/mol. The fraction of sp³-hybridized carbons (Fsp3) is 0.200. The van der Waals surface area contributed by atoms with Gasteiger partial charge in [-0.25, -0.2) is 0 Å². The molecule has 0 aliphatic carbocycles. The summed E-state index contributed by atoms with van der Waals surface area (Å²) >= 11 is 5.23. The molecule has 72 valence electrons. The highest BCUT2D eigenvalue weighted by Gasteiger charge is 2.12. The van der Waals surface area contributed by atoms with E-state index in [4.69, 9.17) is 5.26 Å². The highest BCUT2D eigenvalue weighted by molar-refractivity contribution is 14.1. The van der Waals surface area contributed by atoms with Gasteiger partial charge in [0.2, 0.25) is 0 Å². The van der Waals surface area contributed by atoms with Crippen molar-refractivity contribution in [3.63, 3.8) is 0 Å². The summed E-state index contributed by atoms with van der Waals surface area (Å²) in [5, 5.41) is 9.10. The highest BCUT2D eigenvalue weighted by Crippen LogP contribution is 2.21. The van der Waals surface area contributed by atoms with Gasteiger partial charge in [-0.05, 0) is 47.2 Å². The van der Waals surface area contributed by atoms with E-state index in [1.807, 2.05) is 6.92 Å². The predicted octanol–water partition coefficient (Wildman–Crippen LogP) is 3.05. The molecular weight excluding hydrogens is 357 g/mol. The number of carbonyl (C=O) groups excluding carboxylic acids is 1. The highest BCUT2D eigenvalue weighted by atomic mass is 127. The van der Waals surface area contributed by atoms with E-state index >= 15 is 0 Å². The lowest BCUT2D eigenvalue weighted by atomic mass is 10.0. The lowest BCUT2D eigenvalue weighted by Gasteiger charge is -2.05. The van der Waals surface area contributed by atoms with Crippen molar-refractivity contribution in [1.82, 2.24) is 0 Å². The van der Waals surface area contributed by atoms with Crippen LogP contribution in [0.3, 0.4) is 0 Å². The summed E-state index contributed by atoms with van der Waals surface area (Å²) in [4.78, 5) is 11.5. The molecule has 0 bridgehead atoms. The number of rotatable bonds is 2. The van der Waals surface area contributed by atoms with Crippen LogP contribution in [0.5, 0.6) is 0 Å². The standard InChI is InChI=1S/C10H7BrINO/c1-6-7(5-13)2-3-8(10(6)12)9(14)4-11/h2-3H,4H2,1H3. The molecule has 0 heterocycles. The number of halogens is 2. The monoisotopic (exact) mass is 363 g/mol. The van der Waals surface area contributed by atoms with E-state index < -0.39 is 0 Å². The van der Waals surface area contributed by atoms with Crippen LogP contribution in [0.2, 0.25) is 0 Å². The van der Waals surface area contributed by atoms with Crippen LogP contribution in [-0.4, -0.2) is 11.1 Å². The summed E-state index contributed by atoms with van der Waals surface area (Å²) in [6.45, 7) is 1.85. The van der Waals surface area contributed by atoms with E-state index in [0.29, 0.717) is 16.5 Å². The fourth-order valence-corrected chi connectivity index (χ4v) is 2.17. The van der Waals surface area contributed by atoms with Gasteiger partial charge in [0.05, 0.1) is 17.0 Å². The third-order valence-electron chi connectivity index (χ3n) is 1.93. The number of hydrogen-bond acceptors (Lipinski definition) is 2. The van der Waals surface area contributed by atoms with E-state index in [2.05, 4.69) is 44.6 Å². The molecular formula is C10H7BrINO. The van der Waals surface area contributed by atoms with E-state index in [-0.39, 0.29) is 5.78 Å². The van der Waals surface area contributed by atoms with Gasteiger partial charge in [-0.15, -0.1) is 0 Å². The minimum atomic E-state index is 0.0435. The van der Waals surface area contributed by atoms with Gasteiger partial charge < -0.3 is 0 Å². The Balaban J connectivity index is 3.33. The van der Waals surface area contributed by atoms with Crippen molar-refractivity contribution in [2.75, 3.05) is 5.33 Å². The summed E-state index contributed by atoms with van der Waals surface area (Å²) in [5.74, 6) is 0.0435. The smallest absolute Gasteiger partial charge is 0.174 e. The molecule has 0 amide bonds. The maximum Gasteiger partial charge on any atom is 0.174 e. The van der Waals surface area contributed by atoms with Crippen LogP contribution in [0.15, 0.2) is 12.1 Å². The van der Waals surface area contributed by atoms with Crippen LogP contribution in [-0.2, 0) is 0 Å². The largest absolute Gasteiger partial charge is 0.293 e. The molecule has 0 fully saturated rings. The number of nitrogens with zero attached hydrogens (tertiary/aromatic N) is 1. The number of hydrogen-bond donors (Lipinski definition) is 0. The van der Waals surface area contributed by atoms with Gasteiger partial charge in [0, 0.05) is 9.13 Å². The van der Waals surface area contributed by atoms with E-state index in [1.165, 1.54) is 0 Å². The summed E-state index contributed by atoms with van der Waals surface area (Å²) in [6.07, 6.45) is 0. The number of ketones is 1. The quantitative estimate of drug-likeness (QED) is 0.460. The van der Waals surface area contributed by atoms with Crippen LogP contribution in [0, 0.1) is 21.8 Å². The summed E-state index contributed by atoms with van der Waals surface area (Å²) in [5.41, 5.74) is 2.18. The fourth-order valence-electron chi connectivity index (χ4n) is 1.09. The van der Waals surface area contributed by atoms with Gasteiger partial charge in [0.1, 0.15) is 0 Å². The van der Waals surface area contributed by atoms with Gasteiger partial charge in [0.15, 0.2) is 5.78 Å². The molecule has 0 spiro atoms. The Morgan fingerprint density at radius 2 is 2.29 bits per heavy atom. The van der Waals surface area contributed by atoms with Crippen molar-refractivity contribution in [3.05, 3.63) is 32.4 Å². The molecule has 2 nitrogen and oxygen atoms in total. The van der Waals surface area contributed by atoms with E-state index in [1.54, 1.807) is 12.1 Å². The summed E-state index contributed by atoms with van der Waals surface area (Å²) in [6, 6.07) is 5.49. The SMILES string of the molecule is Cc1c(C#N)ccc(C(=O)CBr)c1I. The van der Waals surface area contributed by atoms with Crippen molar-refractivity contribution < 1.29 is 4.79 Å². The minimum Gasteiger partial charge on any atom is -0.293 e. The van der Waals surface area contributed by atoms with Crippen LogP contribution in [0.4, 0.5) is 0 Å². The molecule has 0 aromatic heterocycles. The van der Waals surface area contributed by atoms with Gasteiger partial charge in [-0.2, -0.15) is 5.26 Å². The molecule has 0 unspecified atom stereocenters. The summed E-state index contributed by atoms with van der Waals surface area (Å²) < 4.78 is 0.867. The molecule has 0 saturated carbocycles. The Hall–Kier alpha value is -0.410. The average Bonchev–Trinajstić information content (AvgIpc) is 2.21. The van der Waals surface area contributed by atoms with Gasteiger partial charge >= 0.3 is 0 Å². The Kier molecular flexibility index (Phi) is 4.08. The number of nitriles is 1. The first kappa shape index (κ1) is 11.7. The number of carbonyl (C=O) groups is 1. The van der Waals surface area contributed by atoms with Crippen molar-refractivity contribution in [3.8, 4) is 6.07 Å². The second-order valence-corrected chi connectivity index (χ2v) is 4.41. The van der Waals surface area contributed by atoms with Crippen LogP contribution in [0.1, 0.15) is 21.5 Å². The van der Waals surface area contributed by atoms with Gasteiger partial charge in [-0.1, -0.05) is 15.9 Å². The zero-order chi connectivity index (χ0) is 10.7. The first-order valence-electron chi connectivity index (χ1n) is 3.90. The third-order valence-corrected chi connectivity index (χ3v) is 3.83. The van der Waals surface area contributed by atoms with Crippen molar-refractivity contribution in [2.24, 2.45) is 0 Å². The Morgan fingerprint density at radius 1 is 1.64 bits per heavy atom. The molecule has 1 aromatic carbocycles. The van der Waals surface area contributed by atoms with E-state index in [0.717, 1.165) is 9.13 Å². The van der Waals surface area contributed by atoms with Crippen molar-refractivity contribution in [2.45, 2.75) is 6.92 Å². The second-order valence-electron chi connectivity index (χ2n) is 2.77. The summed E-state index contributed by atoms with van der Waals surface area (Å²) in [7, 11) is 0. The first-order valence-corrected chi connectivity index (χ1v) is 6.10. The zero-order valence-electron chi connectivity index (χ0n) is 7.47. The molecule has 0 radical (unpaired) electrons. The Labute approximate surface area is 105 Å². The van der Waals surface area contributed by atoms with E-state index in [9.17, 15) is 4.79 Å².